The summed E-state index contributed by atoms with van der Waals surface area (Å²) in [7, 11) is -2.02. The number of aryl methyl sites for hydroxylation is 1. The van der Waals surface area contributed by atoms with E-state index >= 15 is 0 Å². The number of carbonyl (C=O) groups is 2. The summed E-state index contributed by atoms with van der Waals surface area (Å²) < 4.78 is 32.1. The van der Waals surface area contributed by atoms with Crippen LogP contribution in [0.15, 0.2) is 53.4 Å². The SMILES string of the molecule is COCCNC(=O)c1ccccc1NC(=O)C1CCN(S(=O)(=O)c2ccc(C)cc2)CC1. The van der Waals surface area contributed by atoms with E-state index in [0.717, 1.165) is 5.56 Å². The van der Waals surface area contributed by atoms with Crippen molar-refractivity contribution in [1.29, 1.82) is 0 Å². The number of piperidine rings is 1. The summed E-state index contributed by atoms with van der Waals surface area (Å²) in [5.41, 5.74) is 1.80. The summed E-state index contributed by atoms with van der Waals surface area (Å²) in [5.74, 6) is -0.837. The van der Waals surface area contributed by atoms with Gasteiger partial charge in [0.25, 0.3) is 5.91 Å². The van der Waals surface area contributed by atoms with Crippen molar-refractivity contribution in [2.45, 2.75) is 24.7 Å². The Morgan fingerprint density at radius 1 is 1.06 bits per heavy atom. The van der Waals surface area contributed by atoms with E-state index in [9.17, 15) is 18.0 Å². The topological polar surface area (TPSA) is 105 Å². The first kappa shape index (κ1) is 23.9. The van der Waals surface area contributed by atoms with Gasteiger partial charge in [-0.3, -0.25) is 9.59 Å². The second kappa shape index (κ2) is 10.7. The van der Waals surface area contributed by atoms with Crippen molar-refractivity contribution in [2.24, 2.45) is 5.92 Å². The molecule has 2 N–H and O–H groups in total. The van der Waals surface area contributed by atoms with Crippen molar-refractivity contribution in [3.63, 3.8) is 0 Å². The van der Waals surface area contributed by atoms with Crippen LogP contribution in [-0.2, 0) is 19.6 Å². The lowest BCUT2D eigenvalue weighted by atomic mass is 9.97. The van der Waals surface area contributed by atoms with Crippen LogP contribution in [0.25, 0.3) is 0 Å². The second-order valence-electron chi connectivity index (χ2n) is 7.77. The molecule has 1 heterocycles. The van der Waals surface area contributed by atoms with Crippen LogP contribution in [0.1, 0.15) is 28.8 Å². The smallest absolute Gasteiger partial charge is 0.253 e. The molecule has 0 radical (unpaired) electrons. The highest BCUT2D eigenvalue weighted by atomic mass is 32.2. The molecule has 2 aromatic carbocycles. The predicted molar refractivity (Wildman–Crippen MR) is 122 cm³/mol. The summed E-state index contributed by atoms with van der Waals surface area (Å²) in [4.78, 5) is 25.5. The third kappa shape index (κ3) is 5.73. The Hall–Kier alpha value is -2.75. The number of benzene rings is 2. The van der Waals surface area contributed by atoms with Crippen molar-refractivity contribution in [1.82, 2.24) is 9.62 Å². The van der Waals surface area contributed by atoms with Crippen LogP contribution in [0.4, 0.5) is 5.69 Å². The normalized spacial score (nSPS) is 15.3. The fourth-order valence-corrected chi connectivity index (χ4v) is 5.07. The number of anilines is 1. The number of methoxy groups -OCH3 is 1. The van der Waals surface area contributed by atoms with Crippen LogP contribution in [0, 0.1) is 12.8 Å². The molecule has 0 aromatic heterocycles. The summed E-state index contributed by atoms with van der Waals surface area (Å²) >= 11 is 0. The minimum absolute atomic E-state index is 0.213. The van der Waals surface area contributed by atoms with E-state index in [1.54, 1.807) is 55.6 Å². The van der Waals surface area contributed by atoms with Crippen molar-refractivity contribution in [3.05, 3.63) is 59.7 Å². The third-order valence-electron chi connectivity index (χ3n) is 5.50. The molecule has 3 rings (SSSR count). The first-order valence-electron chi connectivity index (χ1n) is 10.6. The lowest BCUT2D eigenvalue weighted by Crippen LogP contribution is -2.41. The highest BCUT2D eigenvalue weighted by Crippen LogP contribution is 2.26. The molecule has 2 amide bonds. The number of nitrogens with one attached hydrogen (secondary N) is 2. The number of para-hydroxylation sites is 1. The highest BCUT2D eigenvalue weighted by molar-refractivity contribution is 7.89. The zero-order valence-electron chi connectivity index (χ0n) is 18.3. The molecule has 0 aliphatic carbocycles. The summed E-state index contributed by atoms with van der Waals surface area (Å²) in [6.07, 6.45) is 0.832. The average Bonchev–Trinajstić information content (AvgIpc) is 2.80. The van der Waals surface area contributed by atoms with E-state index in [-0.39, 0.29) is 35.7 Å². The van der Waals surface area contributed by atoms with E-state index in [2.05, 4.69) is 10.6 Å². The van der Waals surface area contributed by atoms with Crippen molar-refractivity contribution >= 4 is 27.5 Å². The zero-order valence-corrected chi connectivity index (χ0v) is 19.2. The zero-order chi connectivity index (χ0) is 23.1. The number of sulfonamides is 1. The number of hydrogen-bond donors (Lipinski definition) is 2. The van der Waals surface area contributed by atoms with Gasteiger partial charge in [-0.2, -0.15) is 4.31 Å². The minimum Gasteiger partial charge on any atom is -0.383 e. The summed E-state index contributed by atoms with van der Waals surface area (Å²) in [6, 6.07) is 13.6. The molecule has 9 heteroatoms. The number of ether oxygens (including phenoxy) is 1. The standard InChI is InChI=1S/C23H29N3O5S/c1-17-7-9-19(10-8-17)32(29,30)26-14-11-18(12-15-26)22(27)25-21-6-4-3-5-20(21)23(28)24-13-16-31-2/h3-10,18H,11-16H2,1-2H3,(H,24,28)(H,25,27). The van der Waals surface area contributed by atoms with Gasteiger partial charge in [0.15, 0.2) is 0 Å². The first-order valence-corrected chi connectivity index (χ1v) is 12.0. The van der Waals surface area contributed by atoms with Crippen LogP contribution in [0.5, 0.6) is 0 Å². The molecule has 1 fully saturated rings. The molecule has 0 bridgehead atoms. The van der Waals surface area contributed by atoms with Crippen LogP contribution in [0.2, 0.25) is 0 Å². The van der Waals surface area contributed by atoms with Crippen LogP contribution >= 0.6 is 0 Å². The van der Waals surface area contributed by atoms with Gasteiger partial charge in [0.1, 0.15) is 0 Å². The fraction of sp³-hybridized carbons (Fsp3) is 0.391. The highest BCUT2D eigenvalue weighted by Gasteiger charge is 2.32. The minimum atomic E-state index is -3.58. The van der Waals surface area contributed by atoms with Gasteiger partial charge < -0.3 is 15.4 Å². The molecule has 0 saturated carbocycles. The van der Waals surface area contributed by atoms with Gasteiger partial charge in [-0.25, -0.2) is 8.42 Å². The van der Waals surface area contributed by atoms with Gasteiger partial charge in [0, 0.05) is 32.7 Å². The number of carbonyl (C=O) groups excluding carboxylic acids is 2. The molecule has 1 aliphatic heterocycles. The van der Waals surface area contributed by atoms with Gasteiger partial charge in [-0.1, -0.05) is 29.8 Å². The average molecular weight is 460 g/mol. The number of rotatable bonds is 8. The van der Waals surface area contributed by atoms with Crippen molar-refractivity contribution in [2.75, 3.05) is 38.7 Å². The van der Waals surface area contributed by atoms with Crippen LogP contribution in [-0.4, -0.2) is 57.9 Å². The Bertz CT molecular complexity index is 1050. The number of nitrogens with zero attached hydrogens (tertiary/aromatic N) is 1. The Morgan fingerprint density at radius 2 is 1.72 bits per heavy atom. The molecule has 0 spiro atoms. The van der Waals surface area contributed by atoms with E-state index in [4.69, 9.17) is 4.74 Å². The Morgan fingerprint density at radius 3 is 2.38 bits per heavy atom. The predicted octanol–water partition coefficient (Wildman–Crippen LogP) is 2.41. The third-order valence-corrected chi connectivity index (χ3v) is 7.42. The molecule has 8 nitrogen and oxygen atoms in total. The van der Waals surface area contributed by atoms with E-state index < -0.39 is 10.0 Å². The maximum atomic E-state index is 12.9. The van der Waals surface area contributed by atoms with Gasteiger partial charge in [0.05, 0.1) is 22.8 Å². The monoisotopic (exact) mass is 459 g/mol. The molecule has 1 saturated heterocycles. The molecule has 0 atom stereocenters. The summed E-state index contributed by atoms with van der Waals surface area (Å²) in [5, 5.41) is 5.59. The first-order chi connectivity index (χ1) is 15.3. The Labute approximate surface area is 189 Å². The number of amides is 2. The van der Waals surface area contributed by atoms with Crippen molar-refractivity contribution in [3.8, 4) is 0 Å². The number of hydrogen-bond acceptors (Lipinski definition) is 5. The Balaban J connectivity index is 1.61. The maximum absolute atomic E-state index is 12.9. The van der Waals surface area contributed by atoms with Gasteiger partial charge >= 0.3 is 0 Å². The van der Waals surface area contributed by atoms with Gasteiger partial charge in [-0.15, -0.1) is 0 Å². The molecule has 2 aromatic rings. The molecular weight excluding hydrogens is 430 g/mol. The molecule has 0 unspecified atom stereocenters. The quantitative estimate of drug-likeness (QED) is 0.590. The van der Waals surface area contributed by atoms with Crippen molar-refractivity contribution < 1.29 is 22.7 Å². The van der Waals surface area contributed by atoms with E-state index in [0.29, 0.717) is 37.2 Å². The lowest BCUT2D eigenvalue weighted by Gasteiger charge is -2.30. The van der Waals surface area contributed by atoms with Gasteiger partial charge in [0.2, 0.25) is 15.9 Å². The molecule has 172 valence electrons. The Kier molecular flexibility index (Phi) is 8.00. The molecule has 1 aliphatic rings. The molecular formula is C23H29N3O5S. The van der Waals surface area contributed by atoms with Crippen LogP contribution < -0.4 is 10.6 Å². The van der Waals surface area contributed by atoms with Crippen LogP contribution in [0.3, 0.4) is 0 Å². The summed E-state index contributed by atoms with van der Waals surface area (Å²) in [6.45, 7) is 3.21. The fourth-order valence-electron chi connectivity index (χ4n) is 3.60. The van der Waals surface area contributed by atoms with E-state index in [1.165, 1.54) is 4.31 Å². The van der Waals surface area contributed by atoms with Gasteiger partial charge in [-0.05, 0) is 44.0 Å². The molecule has 32 heavy (non-hydrogen) atoms. The van der Waals surface area contributed by atoms with E-state index in [1.807, 2.05) is 6.92 Å². The second-order valence-corrected chi connectivity index (χ2v) is 9.71. The maximum Gasteiger partial charge on any atom is 0.253 e. The largest absolute Gasteiger partial charge is 0.383 e. The lowest BCUT2D eigenvalue weighted by molar-refractivity contribution is -0.120.